The largest absolute Gasteiger partial charge is 0.447 e. The molecule has 0 fully saturated rings. The highest BCUT2D eigenvalue weighted by Gasteiger charge is 2.16. The molecule has 3 rings (SSSR count). The molecule has 0 atom stereocenters. The van der Waals surface area contributed by atoms with E-state index >= 15 is 0 Å². The summed E-state index contributed by atoms with van der Waals surface area (Å²) in [4.78, 5) is 5.76. The van der Waals surface area contributed by atoms with Crippen molar-refractivity contribution in [1.82, 2.24) is 4.98 Å². The van der Waals surface area contributed by atoms with Gasteiger partial charge >= 0.3 is 0 Å². The zero-order valence-corrected chi connectivity index (χ0v) is 12.0. The second-order valence-corrected chi connectivity index (χ2v) is 4.94. The summed E-state index contributed by atoms with van der Waals surface area (Å²) in [6.07, 6.45) is 2.99. The Balaban J connectivity index is 2.03. The number of nitrogens with zero attached hydrogens (tertiary/aromatic N) is 2. The normalized spacial score (nSPS) is 10.7. The van der Waals surface area contributed by atoms with Gasteiger partial charge in [-0.2, -0.15) is 0 Å². The molecule has 0 saturated heterocycles. The molecule has 0 aliphatic heterocycles. The molecule has 1 aromatic heterocycles. The van der Waals surface area contributed by atoms with Crippen LogP contribution in [0.2, 0.25) is 0 Å². The van der Waals surface area contributed by atoms with Crippen molar-refractivity contribution in [3.63, 3.8) is 0 Å². The predicted molar refractivity (Wildman–Crippen MR) is 79.9 cm³/mol. The lowest BCUT2D eigenvalue weighted by molar-refractivity contribution is 0.494. The number of aryl methyl sites for hydroxylation is 1. The topological polar surface area (TPSA) is 29.3 Å². The second kappa shape index (κ2) is 5.97. The van der Waals surface area contributed by atoms with Crippen molar-refractivity contribution in [2.24, 2.45) is 0 Å². The quantitative estimate of drug-likeness (QED) is 0.705. The number of hydrogen-bond acceptors (Lipinski definition) is 3. The van der Waals surface area contributed by atoms with Crippen LogP contribution in [0.15, 0.2) is 59.3 Å². The highest BCUT2D eigenvalue weighted by Crippen LogP contribution is 2.30. The van der Waals surface area contributed by atoms with Crippen LogP contribution in [-0.4, -0.2) is 4.98 Å². The lowest BCUT2D eigenvalue weighted by atomic mass is 10.2. The third kappa shape index (κ3) is 2.98. The van der Waals surface area contributed by atoms with Gasteiger partial charge in [0.15, 0.2) is 0 Å². The van der Waals surface area contributed by atoms with Gasteiger partial charge in [0.2, 0.25) is 5.89 Å². The van der Waals surface area contributed by atoms with Gasteiger partial charge in [-0.15, -0.1) is 0 Å². The number of anilines is 2. The first kappa shape index (κ1) is 14.3. The van der Waals surface area contributed by atoms with E-state index in [-0.39, 0.29) is 12.2 Å². The van der Waals surface area contributed by atoms with Crippen LogP contribution in [0.1, 0.15) is 11.5 Å². The van der Waals surface area contributed by atoms with Crippen molar-refractivity contribution in [2.75, 3.05) is 4.90 Å². The lowest BCUT2D eigenvalue weighted by Crippen LogP contribution is -2.18. The fourth-order valence-electron chi connectivity index (χ4n) is 2.21. The van der Waals surface area contributed by atoms with Crippen LogP contribution in [0.4, 0.5) is 20.2 Å². The predicted octanol–water partition coefficient (Wildman–Crippen LogP) is 4.60. The van der Waals surface area contributed by atoms with Crippen LogP contribution in [0.25, 0.3) is 0 Å². The lowest BCUT2D eigenvalue weighted by Gasteiger charge is -2.24. The summed E-state index contributed by atoms with van der Waals surface area (Å²) in [7, 11) is 0. The second-order valence-electron chi connectivity index (χ2n) is 4.94. The van der Waals surface area contributed by atoms with Gasteiger partial charge in [0.25, 0.3) is 0 Å². The molecular formula is C17H14F2N2O. The molecule has 2 aromatic carbocycles. The molecule has 3 aromatic rings. The standard InChI is InChI=1S/C17H14F2N2O/c1-12-2-5-14(6-3-12)21(11-17-20-8-9-22-17)16-7-4-13(18)10-15(16)19/h2-10H,11H2,1H3. The Labute approximate surface area is 126 Å². The molecule has 0 saturated carbocycles. The Hall–Kier alpha value is -2.69. The maximum absolute atomic E-state index is 14.2. The first-order valence-electron chi connectivity index (χ1n) is 6.81. The van der Waals surface area contributed by atoms with Gasteiger partial charge < -0.3 is 9.32 Å². The number of benzene rings is 2. The molecular weight excluding hydrogens is 286 g/mol. The Morgan fingerprint density at radius 3 is 2.50 bits per heavy atom. The molecule has 0 bridgehead atoms. The van der Waals surface area contributed by atoms with Crippen LogP contribution in [0, 0.1) is 18.6 Å². The molecule has 0 amide bonds. The van der Waals surface area contributed by atoms with Gasteiger partial charge in [-0.25, -0.2) is 13.8 Å². The van der Waals surface area contributed by atoms with E-state index < -0.39 is 11.6 Å². The van der Waals surface area contributed by atoms with Crippen molar-refractivity contribution >= 4 is 11.4 Å². The minimum Gasteiger partial charge on any atom is -0.447 e. The maximum Gasteiger partial charge on any atom is 0.213 e. The summed E-state index contributed by atoms with van der Waals surface area (Å²) >= 11 is 0. The molecule has 3 nitrogen and oxygen atoms in total. The van der Waals surface area contributed by atoms with E-state index in [1.807, 2.05) is 31.2 Å². The van der Waals surface area contributed by atoms with Crippen molar-refractivity contribution in [2.45, 2.75) is 13.5 Å². The highest BCUT2D eigenvalue weighted by molar-refractivity contribution is 5.63. The molecule has 22 heavy (non-hydrogen) atoms. The highest BCUT2D eigenvalue weighted by atomic mass is 19.1. The molecule has 112 valence electrons. The third-order valence-corrected chi connectivity index (χ3v) is 3.32. The van der Waals surface area contributed by atoms with Crippen molar-refractivity contribution in [3.8, 4) is 0 Å². The van der Waals surface area contributed by atoms with Gasteiger partial charge in [0, 0.05) is 11.8 Å². The number of rotatable bonds is 4. The molecule has 0 aliphatic carbocycles. The van der Waals surface area contributed by atoms with Crippen molar-refractivity contribution in [3.05, 3.63) is 78.0 Å². The number of halogens is 2. The number of hydrogen-bond donors (Lipinski definition) is 0. The SMILES string of the molecule is Cc1ccc(N(Cc2ncco2)c2ccc(F)cc2F)cc1. The fourth-order valence-corrected chi connectivity index (χ4v) is 2.21. The van der Waals surface area contributed by atoms with E-state index in [2.05, 4.69) is 4.98 Å². The molecule has 0 unspecified atom stereocenters. The van der Waals surface area contributed by atoms with E-state index in [1.165, 1.54) is 24.6 Å². The summed E-state index contributed by atoms with van der Waals surface area (Å²) in [5.74, 6) is -0.794. The number of aromatic nitrogens is 1. The minimum absolute atomic E-state index is 0.249. The van der Waals surface area contributed by atoms with E-state index in [4.69, 9.17) is 4.42 Å². The van der Waals surface area contributed by atoms with Crippen molar-refractivity contribution < 1.29 is 13.2 Å². The third-order valence-electron chi connectivity index (χ3n) is 3.32. The Kier molecular flexibility index (Phi) is 3.87. The summed E-state index contributed by atoms with van der Waals surface area (Å²) in [5.41, 5.74) is 2.14. The summed E-state index contributed by atoms with van der Waals surface area (Å²) in [5, 5.41) is 0. The maximum atomic E-state index is 14.2. The van der Waals surface area contributed by atoms with Gasteiger partial charge in [0.1, 0.15) is 17.9 Å². The summed E-state index contributed by atoms with van der Waals surface area (Å²) in [6.45, 7) is 2.22. The zero-order chi connectivity index (χ0) is 15.5. The van der Waals surface area contributed by atoms with Gasteiger partial charge in [-0.05, 0) is 31.2 Å². The molecule has 1 heterocycles. The smallest absolute Gasteiger partial charge is 0.213 e. The van der Waals surface area contributed by atoms with E-state index in [1.54, 1.807) is 4.90 Å². The molecule has 0 spiro atoms. The average molecular weight is 300 g/mol. The van der Waals surface area contributed by atoms with Gasteiger partial charge in [-0.3, -0.25) is 0 Å². The monoisotopic (exact) mass is 300 g/mol. The van der Waals surface area contributed by atoms with E-state index in [0.29, 0.717) is 5.89 Å². The Morgan fingerprint density at radius 2 is 1.86 bits per heavy atom. The molecule has 0 radical (unpaired) electrons. The first-order valence-corrected chi connectivity index (χ1v) is 6.81. The minimum atomic E-state index is -0.632. The van der Waals surface area contributed by atoms with Crippen LogP contribution in [-0.2, 0) is 6.54 Å². The molecule has 0 N–H and O–H groups in total. The molecule has 5 heteroatoms. The van der Waals surface area contributed by atoms with E-state index in [9.17, 15) is 8.78 Å². The van der Waals surface area contributed by atoms with Crippen molar-refractivity contribution in [1.29, 1.82) is 0 Å². The zero-order valence-electron chi connectivity index (χ0n) is 12.0. The van der Waals surface area contributed by atoms with Gasteiger partial charge in [-0.1, -0.05) is 17.7 Å². The van der Waals surface area contributed by atoms with Crippen LogP contribution < -0.4 is 4.90 Å². The van der Waals surface area contributed by atoms with Crippen LogP contribution in [0.5, 0.6) is 0 Å². The summed E-state index contributed by atoms with van der Waals surface area (Å²) in [6, 6.07) is 11.1. The summed E-state index contributed by atoms with van der Waals surface area (Å²) < 4.78 is 32.6. The van der Waals surface area contributed by atoms with Crippen LogP contribution in [0.3, 0.4) is 0 Å². The molecule has 0 aliphatic rings. The van der Waals surface area contributed by atoms with E-state index in [0.717, 1.165) is 17.3 Å². The van der Waals surface area contributed by atoms with Gasteiger partial charge in [0.05, 0.1) is 18.4 Å². The Bertz CT molecular complexity index is 755. The van der Waals surface area contributed by atoms with Crippen LogP contribution >= 0.6 is 0 Å². The average Bonchev–Trinajstić information content (AvgIpc) is 2.99. The Morgan fingerprint density at radius 1 is 1.09 bits per heavy atom. The first-order chi connectivity index (χ1) is 10.6. The fraction of sp³-hybridized carbons (Fsp3) is 0.118. The number of oxazole rings is 1.